The van der Waals surface area contributed by atoms with E-state index in [0.29, 0.717) is 11.3 Å². The van der Waals surface area contributed by atoms with Crippen LogP contribution in [0.15, 0.2) is 15.2 Å². The van der Waals surface area contributed by atoms with Gasteiger partial charge in [0.1, 0.15) is 9.77 Å². The first kappa shape index (κ1) is 14.5. The molecule has 0 bridgehead atoms. The minimum absolute atomic E-state index is 0.0466. The summed E-state index contributed by atoms with van der Waals surface area (Å²) in [6, 6.07) is 0. The van der Waals surface area contributed by atoms with Crippen molar-refractivity contribution >= 4 is 39.1 Å². The molecule has 2 N–H and O–H groups in total. The van der Waals surface area contributed by atoms with Crippen LogP contribution in [0.1, 0.15) is 23.0 Å². The molecule has 0 fully saturated rings. The molecule has 0 aromatic carbocycles. The van der Waals surface area contributed by atoms with Gasteiger partial charge < -0.3 is 4.74 Å². The van der Waals surface area contributed by atoms with E-state index < -0.39 is 16.0 Å². The Kier molecular flexibility index (Phi) is 4.99. The molecule has 0 saturated carbocycles. The van der Waals surface area contributed by atoms with E-state index in [9.17, 15) is 13.2 Å². The van der Waals surface area contributed by atoms with E-state index in [1.165, 1.54) is 11.8 Å². The van der Waals surface area contributed by atoms with Crippen molar-refractivity contribution in [2.75, 3.05) is 12.9 Å². The van der Waals surface area contributed by atoms with Crippen molar-refractivity contribution in [3.05, 3.63) is 10.3 Å². The van der Waals surface area contributed by atoms with E-state index in [0.717, 1.165) is 11.3 Å². The lowest BCUT2D eigenvalue weighted by molar-refractivity contribution is 0.0506. The molecular formula is C9H13NO4S3. The average molecular weight is 295 g/mol. The average Bonchev–Trinajstić information content (AvgIpc) is 2.69. The topological polar surface area (TPSA) is 86.5 Å². The third kappa shape index (κ3) is 3.44. The minimum atomic E-state index is -3.91. The molecule has 0 aliphatic carbocycles. The summed E-state index contributed by atoms with van der Waals surface area (Å²) in [5.74, 6) is -0.638. The Morgan fingerprint density at radius 2 is 2.24 bits per heavy atom. The molecule has 0 spiro atoms. The molecule has 0 unspecified atom stereocenters. The van der Waals surface area contributed by atoms with Gasteiger partial charge in [0.2, 0.25) is 10.0 Å². The standard InChI is InChI=1S/C9H13NO4S3/c1-3-4-14-9(11)7-8(17(10,12)13)6(15-2)5-16-7/h5H,3-4H2,1-2H3,(H2,10,12,13). The molecule has 1 heterocycles. The van der Waals surface area contributed by atoms with E-state index >= 15 is 0 Å². The maximum atomic E-state index is 11.7. The van der Waals surface area contributed by atoms with Crippen molar-refractivity contribution in [1.82, 2.24) is 0 Å². The number of hydrogen-bond acceptors (Lipinski definition) is 6. The molecule has 8 heteroatoms. The molecule has 0 saturated heterocycles. The maximum absolute atomic E-state index is 11.7. The van der Waals surface area contributed by atoms with Gasteiger partial charge in [0.25, 0.3) is 0 Å². The van der Waals surface area contributed by atoms with E-state index in [-0.39, 0.29) is 16.4 Å². The van der Waals surface area contributed by atoms with Crippen LogP contribution in [-0.2, 0) is 14.8 Å². The molecule has 96 valence electrons. The molecule has 0 amide bonds. The fraction of sp³-hybridized carbons (Fsp3) is 0.444. The number of carbonyl (C=O) groups is 1. The number of esters is 1. The van der Waals surface area contributed by atoms with Gasteiger partial charge in [0, 0.05) is 10.3 Å². The number of nitrogens with two attached hydrogens (primary N) is 1. The van der Waals surface area contributed by atoms with E-state index in [2.05, 4.69) is 0 Å². The molecule has 0 radical (unpaired) electrons. The second-order valence-electron chi connectivity index (χ2n) is 3.14. The smallest absolute Gasteiger partial charge is 0.349 e. The van der Waals surface area contributed by atoms with Gasteiger partial charge in [-0.25, -0.2) is 18.4 Å². The number of thioether (sulfide) groups is 1. The van der Waals surface area contributed by atoms with Gasteiger partial charge in [-0.15, -0.1) is 23.1 Å². The Labute approximate surface area is 108 Å². The number of sulfonamides is 1. The highest BCUT2D eigenvalue weighted by atomic mass is 32.2. The van der Waals surface area contributed by atoms with Crippen molar-refractivity contribution in [1.29, 1.82) is 0 Å². The van der Waals surface area contributed by atoms with Crippen LogP contribution in [0.4, 0.5) is 0 Å². The van der Waals surface area contributed by atoms with Gasteiger partial charge >= 0.3 is 5.97 Å². The van der Waals surface area contributed by atoms with Crippen LogP contribution >= 0.6 is 23.1 Å². The zero-order valence-corrected chi connectivity index (χ0v) is 11.9. The first-order chi connectivity index (χ1) is 7.91. The third-order valence-electron chi connectivity index (χ3n) is 1.84. The Hall–Kier alpha value is -0.570. The van der Waals surface area contributed by atoms with Crippen LogP contribution in [0.25, 0.3) is 0 Å². The highest BCUT2D eigenvalue weighted by Crippen LogP contribution is 2.33. The van der Waals surface area contributed by atoms with Gasteiger partial charge in [-0.2, -0.15) is 0 Å². The SMILES string of the molecule is CCCOC(=O)c1scc(SC)c1S(N)(=O)=O. The first-order valence-corrected chi connectivity index (χ1v) is 8.42. The van der Waals surface area contributed by atoms with Gasteiger partial charge in [0.05, 0.1) is 6.61 Å². The Morgan fingerprint density at radius 1 is 1.59 bits per heavy atom. The fourth-order valence-corrected chi connectivity index (χ4v) is 4.59. The highest BCUT2D eigenvalue weighted by Gasteiger charge is 2.26. The summed E-state index contributed by atoms with van der Waals surface area (Å²) in [7, 11) is -3.91. The summed E-state index contributed by atoms with van der Waals surface area (Å²) < 4.78 is 27.8. The number of ether oxygens (including phenoxy) is 1. The third-order valence-corrected chi connectivity index (χ3v) is 4.96. The highest BCUT2D eigenvalue weighted by molar-refractivity contribution is 7.99. The summed E-state index contributed by atoms with van der Waals surface area (Å²) in [6.07, 6.45) is 2.40. The van der Waals surface area contributed by atoms with Crippen molar-refractivity contribution in [2.24, 2.45) is 5.14 Å². The van der Waals surface area contributed by atoms with E-state index in [1.807, 2.05) is 6.92 Å². The number of thiophene rings is 1. The summed E-state index contributed by atoms with van der Waals surface area (Å²) in [4.78, 5) is 12.1. The molecule has 1 aromatic rings. The lowest BCUT2D eigenvalue weighted by atomic mass is 10.4. The summed E-state index contributed by atoms with van der Waals surface area (Å²) >= 11 is 2.26. The number of primary sulfonamides is 1. The molecule has 0 aliphatic heterocycles. The second kappa shape index (κ2) is 5.85. The number of carbonyl (C=O) groups excluding carboxylic acids is 1. The van der Waals surface area contributed by atoms with Crippen LogP contribution in [0.2, 0.25) is 0 Å². The summed E-state index contributed by atoms with van der Waals surface area (Å²) in [6.45, 7) is 2.12. The quantitative estimate of drug-likeness (QED) is 0.660. The van der Waals surface area contributed by atoms with Crippen molar-refractivity contribution < 1.29 is 17.9 Å². The number of hydrogen-bond donors (Lipinski definition) is 1. The first-order valence-electron chi connectivity index (χ1n) is 4.77. The fourth-order valence-electron chi connectivity index (χ4n) is 1.14. The zero-order valence-electron chi connectivity index (χ0n) is 9.43. The van der Waals surface area contributed by atoms with Crippen LogP contribution in [0.3, 0.4) is 0 Å². The van der Waals surface area contributed by atoms with Crippen LogP contribution in [0, 0.1) is 0 Å². The van der Waals surface area contributed by atoms with Gasteiger partial charge in [-0.1, -0.05) is 6.92 Å². The van der Waals surface area contributed by atoms with Gasteiger partial charge in [-0.05, 0) is 12.7 Å². The normalized spacial score (nSPS) is 11.5. The Morgan fingerprint density at radius 3 is 2.71 bits per heavy atom. The largest absolute Gasteiger partial charge is 0.461 e. The van der Waals surface area contributed by atoms with E-state index in [1.54, 1.807) is 11.6 Å². The molecule has 0 aliphatic rings. The summed E-state index contributed by atoms with van der Waals surface area (Å²) in [5, 5.41) is 6.69. The van der Waals surface area contributed by atoms with Gasteiger partial charge in [0.15, 0.2) is 0 Å². The van der Waals surface area contributed by atoms with Crippen molar-refractivity contribution in [2.45, 2.75) is 23.1 Å². The predicted molar refractivity (Wildman–Crippen MR) is 68.0 cm³/mol. The molecule has 0 atom stereocenters. The lowest BCUT2D eigenvalue weighted by Crippen LogP contribution is -2.17. The van der Waals surface area contributed by atoms with Crippen LogP contribution < -0.4 is 5.14 Å². The van der Waals surface area contributed by atoms with Gasteiger partial charge in [-0.3, -0.25) is 0 Å². The van der Waals surface area contributed by atoms with Crippen molar-refractivity contribution in [3.63, 3.8) is 0 Å². The minimum Gasteiger partial charge on any atom is -0.461 e. The second-order valence-corrected chi connectivity index (χ2v) is 6.37. The molecule has 5 nitrogen and oxygen atoms in total. The van der Waals surface area contributed by atoms with Crippen LogP contribution in [0.5, 0.6) is 0 Å². The maximum Gasteiger partial charge on any atom is 0.349 e. The Balaban J connectivity index is 3.17. The van der Waals surface area contributed by atoms with Crippen molar-refractivity contribution in [3.8, 4) is 0 Å². The molecule has 1 aromatic heterocycles. The zero-order chi connectivity index (χ0) is 13.1. The Bertz CT molecular complexity index is 506. The lowest BCUT2D eigenvalue weighted by Gasteiger charge is -2.04. The van der Waals surface area contributed by atoms with Crippen LogP contribution in [-0.4, -0.2) is 27.2 Å². The predicted octanol–water partition coefficient (Wildman–Crippen LogP) is 1.68. The van der Waals surface area contributed by atoms with E-state index in [4.69, 9.17) is 9.88 Å². The number of rotatable bonds is 5. The molecular weight excluding hydrogens is 282 g/mol. The monoisotopic (exact) mass is 295 g/mol. The molecule has 17 heavy (non-hydrogen) atoms. The molecule has 1 rings (SSSR count). The summed E-state index contributed by atoms with van der Waals surface area (Å²) in [5.41, 5.74) is 0.